The minimum Gasteiger partial charge on any atom is -0.302 e. The quantitative estimate of drug-likeness (QED) is 0.770. The molecule has 0 aliphatic carbocycles. The molecule has 1 aromatic carbocycles. The Morgan fingerprint density at radius 3 is 2.88 bits per heavy atom. The molecule has 2 heterocycles. The van der Waals surface area contributed by atoms with Crippen LogP contribution >= 0.6 is 11.3 Å². The molecule has 24 heavy (non-hydrogen) atoms. The summed E-state index contributed by atoms with van der Waals surface area (Å²) in [7, 11) is 1.87. The van der Waals surface area contributed by atoms with Crippen LogP contribution in [0.1, 0.15) is 23.1 Å². The summed E-state index contributed by atoms with van der Waals surface area (Å²) in [6.45, 7) is 4.15. The number of aromatic nitrogens is 3. The van der Waals surface area contributed by atoms with Crippen molar-refractivity contribution in [3.8, 4) is 11.3 Å². The predicted octanol–water partition coefficient (Wildman–Crippen LogP) is 3.73. The normalized spacial score (nSPS) is 10.8. The van der Waals surface area contributed by atoms with Gasteiger partial charge in [0.1, 0.15) is 0 Å². The van der Waals surface area contributed by atoms with Crippen LogP contribution in [0.4, 0.5) is 5.13 Å². The second-order valence-electron chi connectivity index (χ2n) is 5.93. The number of rotatable bonds is 5. The van der Waals surface area contributed by atoms with Gasteiger partial charge in [-0.3, -0.25) is 9.48 Å². The maximum Gasteiger partial charge on any atom is 0.226 e. The molecule has 3 rings (SSSR count). The number of carbonyl (C=O) groups excluding carboxylic acids is 1. The fourth-order valence-electron chi connectivity index (χ4n) is 2.60. The molecule has 6 heteroatoms. The Morgan fingerprint density at radius 2 is 2.17 bits per heavy atom. The van der Waals surface area contributed by atoms with Gasteiger partial charge in [0.25, 0.3) is 0 Å². The van der Waals surface area contributed by atoms with Gasteiger partial charge in [-0.1, -0.05) is 23.8 Å². The number of nitrogens with one attached hydrogen (secondary N) is 1. The van der Waals surface area contributed by atoms with Gasteiger partial charge in [-0.15, -0.1) is 11.3 Å². The van der Waals surface area contributed by atoms with Crippen molar-refractivity contribution < 1.29 is 4.79 Å². The van der Waals surface area contributed by atoms with E-state index in [2.05, 4.69) is 47.4 Å². The number of hydrogen-bond donors (Lipinski definition) is 1. The van der Waals surface area contributed by atoms with E-state index >= 15 is 0 Å². The maximum atomic E-state index is 12.1. The first-order valence-electron chi connectivity index (χ1n) is 7.82. The fourth-order valence-corrected chi connectivity index (χ4v) is 3.32. The van der Waals surface area contributed by atoms with E-state index in [-0.39, 0.29) is 5.91 Å². The zero-order valence-electron chi connectivity index (χ0n) is 14.0. The van der Waals surface area contributed by atoms with Gasteiger partial charge in [0, 0.05) is 30.6 Å². The first-order valence-corrected chi connectivity index (χ1v) is 8.70. The minimum atomic E-state index is -0.0274. The Morgan fingerprint density at radius 1 is 1.33 bits per heavy atom. The van der Waals surface area contributed by atoms with E-state index in [1.807, 2.05) is 18.6 Å². The van der Waals surface area contributed by atoms with Gasteiger partial charge < -0.3 is 5.32 Å². The number of amides is 1. The monoisotopic (exact) mass is 340 g/mol. The van der Waals surface area contributed by atoms with E-state index in [0.717, 1.165) is 16.8 Å². The number of thiazole rings is 1. The van der Waals surface area contributed by atoms with Crippen LogP contribution < -0.4 is 5.32 Å². The molecule has 0 aliphatic heterocycles. The molecule has 0 atom stereocenters. The first-order chi connectivity index (χ1) is 11.5. The molecule has 0 spiro atoms. The van der Waals surface area contributed by atoms with Crippen molar-refractivity contribution in [3.05, 3.63) is 52.7 Å². The molecule has 2 aromatic heterocycles. The lowest BCUT2D eigenvalue weighted by atomic mass is 10.0. The summed E-state index contributed by atoms with van der Waals surface area (Å²) in [6.07, 6.45) is 4.81. The van der Waals surface area contributed by atoms with Gasteiger partial charge in [-0.05, 0) is 31.4 Å². The highest BCUT2D eigenvalue weighted by Gasteiger charge is 2.10. The van der Waals surface area contributed by atoms with Crippen LogP contribution in [-0.4, -0.2) is 20.7 Å². The van der Waals surface area contributed by atoms with Gasteiger partial charge in [0.05, 0.1) is 11.9 Å². The van der Waals surface area contributed by atoms with Crippen LogP contribution in [0, 0.1) is 13.8 Å². The number of aryl methyl sites for hydroxylation is 4. The minimum absolute atomic E-state index is 0.0274. The van der Waals surface area contributed by atoms with Crippen molar-refractivity contribution in [1.82, 2.24) is 14.8 Å². The second-order valence-corrected chi connectivity index (χ2v) is 6.78. The molecule has 0 radical (unpaired) electrons. The smallest absolute Gasteiger partial charge is 0.226 e. The molecule has 1 amide bonds. The average Bonchev–Trinajstić information content (AvgIpc) is 3.14. The Hall–Kier alpha value is -2.47. The summed E-state index contributed by atoms with van der Waals surface area (Å²) in [4.78, 5) is 16.6. The summed E-state index contributed by atoms with van der Waals surface area (Å²) >= 11 is 1.45. The topological polar surface area (TPSA) is 59.8 Å². The zero-order valence-corrected chi connectivity index (χ0v) is 14.9. The molecule has 0 saturated heterocycles. The van der Waals surface area contributed by atoms with Gasteiger partial charge in [-0.2, -0.15) is 5.10 Å². The van der Waals surface area contributed by atoms with Crippen molar-refractivity contribution in [2.45, 2.75) is 26.7 Å². The molecule has 0 unspecified atom stereocenters. The highest BCUT2D eigenvalue weighted by molar-refractivity contribution is 7.14. The van der Waals surface area contributed by atoms with Crippen LogP contribution in [0.25, 0.3) is 11.3 Å². The van der Waals surface area contributed by atoms with E-state index in [4.69, 9.17) is 0 Å². The fraction of sp³-hybridized carbons (Fsp3) is 0.278. The molecule has 5 nitrogen and oxygen atoms in total. The molecule has 3 aromatic rings. The lowest BCUT2D eigenvalue weighted by molar-refractivity contribution is -0.116. The van der Waals surface area contributed by atoms with Crippen LogP contribution in [0.5, 0.6) is 0 Å². The molecule has 0 aliphatic rings. The van der Waals surface area contributed by atoms with Crippen LogP contribution in [0.15, 0.2) is 36.0 Å². The molecular weight excluding hydrogens is 320 g/mol. The number of anilines is 1. The highest BCUT2D eigenvalue weighted by Crippen LogP contribution is 2.28. The zero-order chi connectivity index (χ0) is 17.1. The van der Waals surface area contributed by atoms with Crippen molar-refractivity contribution in [1.29, 1.82) is 0 Å². The molecule has 0 saturated carbocycles. The SMILES string of the molecule is Cc1ccc(-c2csc(NC(=O)CCc3cnn(C)c3)n2)c(C)c1. The largest absolute Gasteiger partial charge is 0.302 e. The van der Waals surface area contributed by atoms with E-state index in [1.54, 1.807) is 10.9 Å². The predicted molar refractivity (Wildman–Crippen MR) is 97.2 cm³/mol. The summed E-state index contributed by atoms with van der Waals surface area (Å²) in [6, 6.07) is 6.29. The van der Waals surface area contributed by atoms with Crippen LogP contribution in [0.3, 0.4) is 0 Å². The summed E-state index contributed by atoms with van der Waals surface area (Å²) in [5.74, 6) is -0.0274. The Balaban J connectivity index is 1.62. The van der Waals surface area contributed by atoms with Crippen molar-refractivity contribution in [2.75, 3.05) is 5.32 Å². The van der Waals surface area contributed by atoms with E-state index < -0.39 is 0 Å². The number of nitrogens with zero attached hydrogens (tertiary/aromatic N) is 3. The summed E-state index contributed by atoms with van der Waals surface area (Å²) in [5.41, 5.74) is 5.49. The van der Waals surface area contributed by atoms with E-state index in [9.17, 15) is 4.79 Å². The molecular formula is C18H20N4OS. The third-order valence-corrected chi connectivity index (χ3v) is 4.57. The maximum absolute atomic E-state index is 12.1. The Labute approximate surface area is 145 Å². The molecule has 0 fully saturated rings. The first kappa shape index (κ1) is 16.4. The van der Waals surface area contributed by atoms with Gasteiger partial charge in [0.2, 0.25) is 5.91 Å². The number of carbonyl (C=O) groups is 1. The summed E-state index contributed by atoms with van der Waals surface area (Å²) in [5, 5.41) is 9.61. The lowest BCUT2D eigenvalue weighted by Crippen LogP contribution is -2.12. The third-order valence-electron chi connectivity index (χ3n) is 3.81. The van der Waals surface area contributed by atoms with Crippen LogP contribution in [-0.2, 0) is 18.3 Å². The average molecular weight is 340 g/mol. The highest BCUT2D eigenvalue weighted by atomic mass is 32.1. The molecule has 124 valence electrons. The molecule has 1 N–H and O–H groups in total. The van der Waals surface area contributed by atoms with E-state index in [0.29, 0.717) is 18.0 Å². The van der Waals surface area contributed by atoms with Crippen LogP contribution in [0.2, 0.25) is 0 Å². The third kappa shape index (κ3) is 3.89. The number of benzene rings is 1. The van der Waals surface area contributed by atoms with E-state index in [1.165, 1.54) is 22.5 Å². The Kier molecular flexibility index (Phi) is 4.76. The summed E-state index contributed by atoms with van der Waals surface area (Å²) < 4.78 is 1.74. The molecule has 0 bridgehead atoms. The van der Waals surface area contributed by atoms with Crippen molar-refractivity contribution >= 4 is 22.4 Å². The van der Waals surface area contributed by atoms with Crippen molar-refractivity contribution in [2.24, 2.45) is 7.05 Å². The number of hydrogen-bond acceptors (Lipinski definition) is 4. The Bertz CT molecular complexity index is 866. The second kappa shape index (κ2) is 6.97. The standard InChI is InChI=1S/C18H20N4OS/c1-12-4-6-15(13(2)8-12)16-11-24-18(20-16)21-17(23)7-5-14-9-19-22(3)10-14/h4,6,8-11H,5,7H2,1-3H3,(H,20,21,23). The van der Waals surface area contributed by atoms with Gasteiger partial charge in [0.15, 0.2) is 5.13 Å². The van der Waals surface area contributed by atoms with Crippen molar-refractivity contribution in [3.63, 3.8) is 0 Å². The lowest BCUT2D eigenvalue weighted by Gasteiger charge is -2.04. The van der Waals surface area contributed by atoms with Gasteiger partial charge in [-0.25, -0.2) is 4.98 Å². The van der Waals surface area contributed by atoms with Gasteiger partial charge >= 0.3 is 0 Å².